The zero-order chi connectivity index (χ0) is 59.4. The summed E-state index contributed by atoms with van der Waals surface area (Å²) in [5.41, 5.74) is 20.7. The number of carbonyl (C=O) groups excluding carboxylic acids is 2. The maximum Gasteiger partial charge on any atom is 0.494 e. The summed E-state index contributed by atoms with van der Waals surface area (Å²) in [5, 5.41) is 1.17. The van der Waals surface area contributed by atoms with Gasteiger partial charge in [-0.25, -0.2) is 37.5 Å². The number of benzene rings is 6. The van der Waals surface area contributed by atoms with Crippen LogP contribution >= 0.6 is 15.9 Å². The molecular weight excluding hydrogens is 1140 g/mol. The Morgan fingerprint density at radius 3 is 1.49 bits per heavy atom. The molecule has 3 fully saturated rings. The molecule has 2 unspecified atom stereocenters. The van der Waals surface area contributed by atoms with Crippen LogP contribution in [0.5, 0.6) is 0 Å². The number of aromatic nitrogens is 4. The summed E-state index contributed by atoms with van der Waals surface area (Å²) in [6, 6.07) is 32.9. The molecule has 7 heterocycles. The molecule has 6 aromatic carbocycles. The van der Waals surface area contributed by atoms with Gasteiger partial charge in [0.1, 0.15) is 11.4 Å². The molecule has 8 aromatic rings. The smallest absolute Gasteiger partial charge is 0.399 e. The largest absolute Gasteiger partial charge is 0.494 e. The lowest BCUT2D eigenvalue weighted by molar-refractivity contribution is 0.00578. The summed E-state index contributed by atoms with van der Waals surface area (Å²) in [6.07, 6.45) is 4.53. The Balaban J connectivity index is 0.000000141. The van der Waals surface area contributed by atoms with Crippen molar-refractivity contribution in [3.05, 3.63) is 182 Å². The Morgan fingerprint density at radius 1 is 0.583 bits per heavy atom. The van der Waals surface area contributed by atoms with Gasteiger partial charge in [0.05, 0.1) is 22.2 Å². The Morgan fingerprint density at radius 2 is 1.01 bits per heavy atom. The van der Waals surface area contributed by atoms with Crippen molar-refractivity contribution in [2.24, 2.45) is 0 Å². The molecular formula is C64H66BBrF4N10O4. The monoisotopic (exact) mass is 1200 g/mol. The number of halogens is 5. The first-order chi connectivity index (χ1) is 40.1. The second kappa shape index (κ2) is 23.6. The van der Waals surface area contributed by atoms with Gasteiger partial charge in [0.2, 0.25) is 11.9 Å². The molecule has 434 valence electrons. The molecule has 2 amide bonds. The van der Waals surface area contributed by atoms with Gasteiger partial charge >= 0.3 is 7.12 Å². The lowest BCUT2D eigenvalue weighted by Gasteiger charge is -2.32. The molecule has 84 heavy (non-hydrogen) atoms. The van der Waals surface area contributed by atoms with Crippen LogP contribution in [0.1, 0.15) is 122 Å². The van der Waals surface area contributed by atoms with Crippen molar-refractivity contribution in [1.29, 1.82) is 0 Å². The standard InChI is InChI=1S/C29H27F2N5O.C23H25BN4O3.C12H14BrF2N/c1-17-5-4-10-35(17)16-21-12-24(30)25(31)13-22(21)18-8-9-26-23(11-18)27(34-29(32)33-26)28(37)36-14-19-6-2-3-7-20(19)15-36;1-22(2)23(3,4)31-24(30-22)16-9-10-18-17(11-16)19(27-21(25)26-18)20(29)28-12-14-7-5-6-8-15(14)13-28;1-8-3-2-4-16(8)7-9-5-11(14)12(15)6-10(9)13/h2-3,6-9,11-13,17H,4-5,10,14-16H2,1H3,(H2,32,33,34);5-11H,12-13H2,1-4H3,(H2,25,26,27);5-6,8H,2-4,7H2,1H3. The fourth-order valence-electron chi connectivity index (χ4n) is 11.7. The van der Waals surface area contributed by atoms with Crippen LogP contribution in [-0.2, 0) is 48.6 Å². The van der Waals surface area contributed by atoms with E-state index in [9.17, 15) is 27.2 Å². The minimum Gasteiger partial charge on any atom is -0.399 e. The van der Waals surface area contributed by atoms with E-state index in [1.807, 2.05) is 94.4 Å². The van der Waals surface area contributed by atoms with E-state index >= 15 is 0 Å². The highest BCUT2D eigenvalue weighted by Gasteiger charge is 2.52. The summed E-state index contributed by atoms with van der Waals surface area (Å²) in [7, 11) is -0.536. The van der Waals surface area contributed by atoms with Gasteiger partial charge in [0.25, 0.3) is 11.8 Å². The van der Waals surface area contributed by atoms with Gasteiger partial charge < -0.3 is 30.6 Å². The van der Waals surface area contributed by atoms with Crippen molar-refractivity contribution < 1.29 is 36.5 Å². The highest BCUT2D eigenvalue weighted by molar-refractivity contribution is 9.10. The van der Waals surface area contributed by atoms with E-state index in [0.717, 1.165) is 59.2 Å². The van der Waals surface area contributed by atoms with Crippen molar-refractivity contribution in [3.8, 4) is 11.1 Å². The van der Waals surface area contributed by atoms with Crippen molar-refractivity contribution in [3.63, 3.8) is 0 Å². The molecule has 4 N–H and O–H groups in total. The average Bonchev–Trinajstić information content (AvgIpc) is 2.79. The Bertz CT molecular complexity index is 3810. The first kappa shape index (κ1) is 58.4. The number of likely N-dealkylation sites (tertiary alicyclic amines) is 2. The van der Waals surface area contributed by atoms with E-state index in [2.05, 4.69) is 59.5 Å². The number of nitrogens with zero attached hydrogens (tertiary/aromatic N) is 8. The first-order valence-electron chi connectivity index (χ1n) is 28.4. The van der Waals surface area contributed by atoms with E-state index < -0.39 is 41.6 Å². The van der Waals surface area contributed by atoms with Gasteiger partial charge in [0.15, 0.2) is 23.3 Å². The van der Waals surface area contributed by atoms with Gasteiger partial charge in [-0.15, -0.1) is 0 Å². The average molecular weight is 1210 g/mol. The molecule has 0 aliphatic carbocycles. The van der Waals surface area contributed by atoms with Gasteiger partial charge in [-0.3, -0.25) is 19.4 Å². The lowest BCUT2D eigenvalue weighted by atomic mass is 9.78. The molecule has 0 bridgehead atoms. The maximum atomic E-state index is 14.5. The first-order valence-corrected chi connectivity index (χ1v) is 29.2. The normalized spacial score (nSPS) is 18.9. The second-order valence-electron chi connectivity index (χ2n) is 23.5. The Labute approximate surface area is 494 Å². The number of amides is 2. The summed E-state index contributed by atoms with van der Waals surface area (Å²) >= 11 is 3.28. The molecule has 5 aliphatic rings. The third kappa shape index (κ3) is 12.0. The van der Waals surface area contributed by atoms with Crippen molar-refractivity contribution in [2.45, 2.75) is 130 Å². The maximum absolute atomic E-state index is 14.5. The topological polar surface area (TPSA) is 169 Å². The van der Waals surface area contributed by atoms with E-state index in [0.29, 0.717) is 100 Å². The summed E-state index contributed by atoms with van der Waals surface area (Å²) in [6.45, 7) is 17.6. The summed E-state index contributed by atoms with van der Waals surface area (Å²) in [4.78, 5) is 52.4. The van der Waals surface area contributed by atoms with Crippen LogP contribution < -0.4 is 16.9 Å². The Hall–Kier alpha value is -7.36. The predicted octanol–water partition coefficient (Wildman–Crippen LogP) is 11.7. The number of anilines is 2. The number of rotatable bonds is 8. The quantitative estimate of drug-likeness (QED) is 0.0840. The Kier molecular flexibility index (Phi) is 16.4. The van der Waals surface area contributed by atoms with Gasteiger partial charge in [-0.1, -0.05) is 82.7 Å². The molecule has 0 radical (unpaired) electrons. The molecule has 5 aliphatic heterocycles. The molecule has 0 spiro atoms. The minimum absolute atomic E-state index is 0.0110. The molecule has 13 rings (SSSR count). The van der Waals surface area contributed by atoms with E-state index in [1.165, 1.54) is 37.1 Å². The van der Waals surface area contributed by atoms with Crippen molar-refractivity contribution in [2.75, 3.05) is 24.6 Å². The van der Waals surface area contributed by atoms with Crippen LogP contribution in [0.2, 0.25) is 0 Å². The number of hydrogen-bond acceptors (Lipinski definition) is 12. The minimum atomic E-state index is -0.909. The van der Waals surface area contributed by atoms with Crippen LogP contribution in [0.3, 0.4) is 0 Å². The molecule has 2 aromatic heterocycles. The molecule has 2 atom stereocenters. The van der Waals surface area contributed by atoms with Crippen LogP contribution in [0, 0.1) is 23.3 Å². The number of nitrogen functional groups attached to an aromatic ring is 2. The van der Waals surface area contributed by atoms with Crippen LogP contribution in [0.15, 0.2) is 114 Å². The predicted molar refractivity (Wildman–Crippen MR) is 321 cm³/mol. The van der Waals surface area contributed by atoms with Gasteiger partial charge in [-0.05, 0) is 173 Å². The molecule has 3 saturated heterocycles. The third-order valence-electron chi connectivity index (χ3n) is 17.3. The third-order valence-corrected chi connectivity index (χ3v) is 18.0. The van der Waals surface area contributed by atoms with Crippen LogP contribution in [-0.4, -0.2) is 94.8 Å². The summed E-state index contributed by atoms with van der Waals surface area (Å²) in [5.74, 6) is -3.67. The number of fused-ring (bicyclic) bond motifs is 4. The highest BCUT2D eigenvalue weighted by Crippen LogP contribution is 2.38. The summed E-state index contributed by atoms with van der Waals surface area (Å²) < 4.78 is 67.8. The lowest BCUT2D eigenvalue weighted by Crippen LogP contribution is -2.41. The molecule has 14 nitrogen and oxygen atoms in total. The van der Waals surface area contributed by atoms with Gasteiger partial charge in [-0.2, -0.15) is 0 Å². The van der Waals surface area contributed by atoms with Crippen LogP contribution in [0.25, 0.3) is 32.9 Å². The SMILES string of the molecule is CC1(C)OB(c2ccc3nc(N)nc(C(=O)N4Cc5ccccc5C4)c3c2)OC1(C)C.CC1CCCN1Cc1cc(F)c(F)cc1-c1ccc2nc(N)nc(C(=O)N3Cc4ccccc4C3)c2c1.CC1CCCN1Cc1cc(F)c(F)cc1Br. The fourth-order valence-corrected chi connectivity index (χ4v) is 12.2. The van der Waals surface area contributed by atoms with E-state index in [4.69, 9.17) is 20.8 Å². The number of nitrogens with two attached hydrogens (primary N) is 2. The number of carbonyl (C=O) groups is 2. The molecule has 0 saturated carbocycles. The second-order valence-corrected chi connectivity index (χ2v) is 24.4. The van der Waals surface area contributed by atoms with Crippen molar-refractivity contribution >= 4 is 74.0 Å². The number of hydrogen-bond donors (Lipinski definition) is 2. The fraction of sp³-hybridized carbons (Fsp3) is 0.344. The van der Waals surface area contributed by atoms with Crippen molar-refractivity contribution in [1.82, 2.24) is 39.5 Å². The molecule has 20 heteroatoms. The van der Waals surface area contributed by atoms with Crippen LogP contribution in [0.4, 0.5) is 29.5 Å². The zero-order valence-electron chi connectivity index (χ0n) is 47.9. The van der Waals surface area contributed by atoms with E-state index in [1.54, 1.807) is 28.0 Å². The zero-order valence-corrected chi connectivity index (χ0v) is 49.5. The van der Waals surface area contributed by atoms with Gasteiger partial charge in [0, 0.05) is 66.6 Å². The van der Waals surface area contributed by atoms with E-state index in [-0.39, 0.29) is 29.4 Å². The highest BCUT2D eigenvalue weighted by atomic mass is 79.9.